The number of aryl methyl sites for hydroxylation is 1. The molecular formula is C59H76Cl2N4O13. The van der Waals surface area contributed by atoms with Crippen LogP contribution in [0.1, 0.15) is 100 Å². The van der Waals surface area contributed by atoms with E-state index < -0.39 is 41.3 Å². The van der Waals surface area contributed by atoms with E-state index in [9.17, 15) is 28.8 Å². The molecule has 1 fully saturated rings. The van der Waals surface area contributed by atoms with E-state index in [1.54, 1.807) is 70.5 Å². The predicted octanol–water partition coefficient (Wildman–Crippen LogP) is 8.41. The average Bonchev–Trinajstić information content (AvgIpc) is 3.50. The summed E-state index contributed by atoms with van der Waals surface area (Å²) in [5.41, 5.74) is 2.22. The number of hydrogen-bond acceptors (Lipinski definition) is 13. The molecule has 424 valence electrons. The molecule has 0 saturated carbocycles. The number of alkyl halides is 1. The lowest BCUT2D eigenvalue weighted by Crippen LogP contribution is -2.53. The van der Waals surface area contributed by atoms with Crippen molar-refractivity contribution in [3.8, 4) is 17.2 Å². The molecule has 4 amide bonds. The molecule has 1 heterocycles. The Labute approximate surface area is 468 Å². The van der Waals surface area contributed by atoms with Crippen LogP contribution in [0, 0.1) is 5.41 Å². The van der Waals surface area contributed by atoms with Crippen LogP contribution in [-0.2, 0) is 60.7 Å². The van der Waals surface area contributed by atoms with Gasteiger partial charge in [0, 0.05) is 49.8 Å². The molecular weight excluding hydrogens is 1040 g/mol. The minimum Gasteiger partial charge on any atom is -0.493 e. The van der Waals surface area contributed by atoms with Gasteiger partial charge >= 0.3 is 5.97 Å². The highest BCUT2D eigenvalue weighted by atomic mass is 35.5. The fourth-order valence-electron chi connectivity index (χ4n) is 8.61. The van der Waals surface area contributed by atoms with Gasteiger partial charge < -0.3 is 53.6 Å². The van der Waals surface area contributed by atoms with Gasteiger partial charge in [0.1, 0.15) is 29.8 Å². The first-order valence-electron chi connectivity index (χ1n) is 26.6. The van der Waals surface area contributed by atoms with E-state index in [0.29, 0.717) is 137 Å². The zero-order valence-corrected chi connectivity index (χ0v) is 47.1. The Balaban J connectivity index is 1.01. The Morgan fingerprint density at radius 3 is 2.13 bits per heavy atom. The third-order valence-corrected chi connectivity index (χ3v) is 13.9. The third-order valence-electron chi connectivity index (χ3n) is 13.4. The van der Waals surface area contributed by atoms with Crippen molar-refractivity contribution in [1.29, 1.82) is 0 Å². The lowest BCUT2D eigenvalue weighted by atomic mass is 9.84. The van der Waals surface area contributed by atoms with E-state index in [2.05, 4.69) is 10.6 Å². The van der Waals surface area contributed by atoms with Crippen molar-refractivity contribution in [1.82, 2.24) is 20.4 Å². The van der Waals surface area contributed by atoms with E-state index in [0.717, 1.165) is 11.1 Å². The summed E-state index contributed by atoms with van der Waals surface area (Å²) in [7, 11) is 3.12. The van der Waals surface area contributed by atoms with E-state index >= 15 is 0 Å². The number of amides is 4. The summed E-state index contributed by atoms with van der Waals surface area (Å²) in [6.07, 6.45) is 3.35. The SMILES string of the molecule is CCC(C)(C)C(=O)C(=O)N1CCCCC1C(=O)OC(CCc1ccc(OC)c(OC)c1)c1cccc(OCC(=O)NCCCOCCOCCOCCCN(C(=O)CCl)C(C(=O)NCc2ccccc2)c2ccc(Cl)cc2)c1. The topological polar surface area (TPSA) is 198 Å². The van der Waals surface area contributed by atoms with Gasteiger partial charge in [-0.25, -0.2) is 4.79 Å². The number of ketones is 1. The molecule has 3 atom stereocenters. The molecule has 0 bridgehead atoms. The van der Waals surface area contributed by atoms with Crippen molar-refractivity contribution in [3.63, 3.8) is 0 Å². The number of likely N-dealkylation sites (tertiary alicyclic amines) is 1. The van der Waals surface area contributed by atoms with Crippen molar-refractivity contribution in [2.75, 3.05) is 86.0 Å². The molecule has 17 nitrogen and oxygen atoms in total. The number of nitrogens with zero attached hydrogens (tertiary/aromatic N) is 2. The molecule has 3 unspecified atom stereocenters. The zero-order chi connectivity index (χ0) is 56.3. The summed E-state index contributed by atoms with van der Waals surface area (Å²) >= 11 is 12.2. The van der Waals surface area contributed by atoms with E-state index in [-0.39, 0.29) is 43.3 Å². The van der Waals surface area contributed by atoms with Crippen LogP contribution in [0.15, 0.2) is 97.1 Å². The van der Waals surface area contributed by atoms with Gasteiger partial charge in [-0.2, -0.15) is 0 Å². The van der Waals surface area contributed by atoms with Gasteiger partial charge in [0.25, 0.3) is 11.8 Å². The van der Waals surface area contributed by atoms with Crippen molar-refractivity contribution < 1.29 is 61.9 Å². The highest BCUT2D eigenvalue weighted by molar-refractivity contribution is 6.38. The standard InChI is InChI=1S/C59H76Cl2N4O13/c1-6-59(2,3)55(68)57(70)64-29-11-10-19-48(64)58(71)78-49(26-20-42-21-27-50(72-4)51(37-42)73-5)45-17-12-18-47(38-45)77-41-52(66)62-28-13-31-74-33-35-76-36-34-75-32-14-30-65(53(67)39-60)54(44-22-24-46(61)25-23-44)56(69)63-40-43-15-8-7-9-16-43/h7-9,12,15-18,21-25,27,37-38,48-49,54H,6,10-11,13-14,19-20,26,28-36,39-41H2,1-5H3,(H,62,66)(H,63,69). The van der Waals surface area contributed by atoms with Crippen LogP contribution in [0.5, 0.6) is 17.2 Å². The molecule has 0 radical (unpaired) electrons. The Morgan fingerprint density at radius 2 is 1.45 bits per heavy atom. The summed E-state index contributed by atoms with van der Waals surface area (Å²) in [5, 5.41) is 6.30. The third kappa shape index (κ3) is 19.9. The molecule has 78 heavy (non-hydrogen) atoms. The molecule has 1 aliphatic rings. The summed E-state index contributed by atoms with van der Waals surface area (Å²) in [4.78, 5) is 83.2. The summed E-state index contributed by atoms with van der Waals surface area (Å²) in [6, 6.07) is 27.1. The molecule has 2 N–H and O–H groups in total. The number of carbonyl (C=O) groups is 6. The molecule has 0 aliphatic carbocycles. The molecule has 5 rings (SSSR count). The highest BCUT2D eigenvalue weighted by Gasteiger charge is 2.41. The van der Waals surface area contributed by atoms with Gasteiger partial charge in [0.05, 0.1) is 40.6 Å². The Kier molecular flexibility index (Phi) is 26.7. The van der Waals surface area contributed by atoms with Gasteiger partial charge in [0.15, 0.2) is 18.1 Å². The lowest BCUT2D eigenvalue weighted by Gasteiger charge is -2.36. The number of rotatable bonds is 34. The van der Waals surface area contributed by atoms with Crippen molar-refractivity contribution in [2.45, 2.75) is 96.9 Å². The largest absolute Gasteiger partial charge is 0.493 e. The predicted molar refractivity (Wildman–Crippen MR) is 297 cm³/mol. The number of carbonyl (C=O) groups excluding carboxylic acids is 6. The first kappa shape index (κ1) is 62.6. The molecule has 4 aromatic carbocycles. The average molecular weight is 1120 g/mol. The number of benzene rings is 4. The number of halogens is 2. The maximum absolute atomic E-state index is 14.1. The molecule has 0 aromatic heterocycles. The minimum absolute atomic E-state index is 0.231. The van der Waals surface area contributed by atoms with Crippen molar-refractivity contribution in [2.24, 2.45) is 5.41 Å². The van der Waals surface area contributed by atoms with Crippen LogP contribution < -0.4 is 24.8 Å². The molecule has 1 saturated heterocycles. The summed E-state index contributed by atoms with van der Waals surface area (Å²) in [5.74, 6) is -1.58. The molecule has 19 heteroatoms. The minimum atomic E-state index is -0.920. The van der Waals surface area contributed by atoms with Gasteiger partial charge in [-0.1, -0.05) is 93.0 Å². The monoisotopic (exact) mass is 1120 g/mol. The van der Waals surface area contributed by atoms with Crippen LogP contribution in [-0.4, -0.2) is 137 Å². The fourth-order valence-corrected chi connectivity index (χ4v) is 8.89. The van der Waals surface area contributed by atoms with Crippen LogP contribution in [0.3, 0.4) is 0 Å². The van der Waals surface area contributed by atoms with Crippen LogP contribution in [0.2, 0.25) is 5.02 Å². The number of hydrogen-bond donors (Lipinski definition) is 2. The normalized spacial score (nSPS) is 14.1. The first-order valence-corrected chi connectivity index (χ1v) is 27.5. The highest BCUT2D eigenvalue weighted by Crippen LogP contribution is 2.33. The van der Waals surface area contributed by atoms with E-state index in [4.69, 9.17) is 56.4 Å². The maximum atomic E-state index is 14.1. The van der Waals surface area contributed by atoms with E-state index in [1.807, 2.05) is 61.5 Å². The van der Waals surface area contributed by atoms with E-state index in [1.165, 1.54) is 9.80 Å². The van der Waals surface area contributed by atoms with Crippen molar-refractivity contribution in [3.05, 3.63) is 124 Å². The van der Waals surface area contributed by atoms with Gasteiger partial charge in [-0.3, -0.25) is 24.0 Å². The van der Waals surface area contributed by atoms with Crippen LogP contribution in [0.25, 0.3) is 0 Å². The molecule has 4 aromatic rings. The Bertz CT molecular complexity index is 2530. The lowest BCUT2D eigenvalue weighted by molar-refractivity contribution is -0.164. The second-order valence-corrected chi connectivity index (χ2v) is 20.1. The fraction of sp³-hybridized carbons (Fsp3) is 0.492. The first-order chi connectivity index (χ1) is 37.7. The van der Waals surface area contributed by atoms with Crippen LogP contribution >= 0.6 is 23.2 Å². The zero-order valence-electron chi connectivity index (χ0n) is 45.6. The smallest absolute Gasteiger partial charge is 0.329 e. The second-order valence-electron chi connectivity index (χ2n) is 19.4. The molecule has 0 spiro atoms. The van der Waals surface area contributed by atoms with Crippen molar-refractivity contribution >= 4 is 58.6 Å². The quantitative estimate of drug-likeness (QED) is 0.0196. The van der Waals surface area contributed by atoms with Gasteiger partial charge in [-0.05, 0) is 110 Å². The number of nitrogens with one attached hydrogen (secondary N) is 2. The maximum Gasteiger partial charge on any atom is 0.329 e. The summed E-state index contributed by atoms with van der Waals surface area (Å²) in [6.45, 7) is 8.30. The number of Topliss-reactive ketones (excluding diaryl/α,β-unsaturated/α-hetero) is 1. The second kappa shape index (κ2) is 33.3. The van der Waals surface area contributed by atoms with Gasteiger partial charge in [0.2, 0.25) is 17.6 Å². The Hall–Kier alpha value is -6.24. The Morgan fingerprint density at radius 1 is 0.756 bits per heavy atom. The molecule has 1 aliphatic heterocycles. The number of piperidine rings is 1. The summed E-state index contributed by atoms with van der Waals surface area (Å²) < 4.78 is 40.2. The van der Waals surface area contributed by atoms with Crippen LogP contribution in [0.4, 0.5) is 0 Å². The number of ether oxygens (including phenoxy) is 7. The van der Waals surface area contributed by atoms with Gasteiger partial charge in [-0.15, -0.1) is 11.6 Å². The number of methoxy groups -OCH3 is 2. The number of esters is 1.